The van der Waals surface area contributed by atoms with E-state index in [1.165, 1.54) is 0 Å². The van der Waals surface area contributed by atoms with Crippen LogP contribution in [0.1, 0.15) is 11.4 Å². The fraction of sp³-hybridized carbons (Fsp3) is 0.167. The average Bonchev–Trinajstić information content (AvgIpc) is 2.24. The van der Waals surface area contributed by atoms with Crippen LogP contribution in [-0.2, 0) is 0 Å². The molecule has 0 radical (unpaired) electrons. The van der Waals surface area contributed by atoms with E-state index in [-0.39, 0.29) is 17.4 Å². The van der Waals surface area contributed by atoms with Gasteiger partial charge < -0.3 is 10.5 Å². The van der Waals surface area contributed by atoms with Gasteiger partial charge in [0, 0.05) is 23.5 Å². The van der Waals surface area contributed by atoms with Gasteiger partial charge in [-0.15, -0.1) is 0 Å². The van der Waals surface area contributed by atoms with Crippen LogP contribution in [-0.4, -0.2) is 9.97 Å². The molecule has 1 aromatic carbocycles. The lowest BCUT2D eigenvalue weighted by Gasteiger charge is -2.07. The minimum Gasteiger partial charge on any atom is -0.421 e. The quantitative estimate of drug-likeness (QED) is 0.834. The molecule has 94 valence electrons. The maximum atomic E-state index is 13.5. The normalized spacial score (nSPS) is 10.4. The zero-order valence-electron chi connectivity index (χ0n) is 9.87. The molecule has 4 nitrogen and oxygen atoms in total. The lowest BCUT2D eigenvalue weighted by atomic mass is 10.3. The molecule has 0 atom stereocenters. The van der Waals surface area contributed by atoms with E-state index in [0.29, 0.717) is 11.4 Å². The highest BCUT2D eigenvalue weighted by atomic mass is 19.1. The summed E-state index contributed by atoms with van der Waals surface area (Å²) in [5, 5.41) is 0. The highest BCUT2D eigenvalue weighted by Gasteiger charge is 2.11. The predicted molar refractivity (Wildman–Crippen MR) is 62.4 cm³/mol. The molecule has 2 rings (SSSR count). The highest BCUT2D eigenvalue weighted by molar-refractivity contribution is 5.45. The molecular weight excluding hydrogens is 240 g/mol. The maximum Gasteiger partial charge on any atom is 0.322 e. The summed E-state index contributed by atoms with van der Waals surface area (Å²) in [5.74, 6) is -1.82. The van der Waals surface area contributed by atoms with Gasteiger partial charge in [0.05, 0.1) is 5.69 Å². The van der Waals surface area contributed by atoms with E-state index >= 15 is 0 Å². The predicted octanol–water partition coefficient (Wildman–Crippen LogP) is 2.75. The Hall–Kier alpha value is -2.24. The van der Waals surface area contributed by atoms with Gasteiger partial charge in [-0.1, -0.05) is 0 Å². The molecule has 0 aliphatic heterocycles. The molecule has 0 amide bonds. The summed E-state index contributed by atoms with van der Waals surface area (Å²) in [4.78, 5) is 7.94. The van der Waals surface area contributed by atoms with E-state index < -0.39 is 11.6 Å². The summed E-state index contributed by atoms with van der Waals surface area (Å²) >= 11 is 0. The highest BCUT2D eigenvalue weighted by Crippen LogP contribution is 2.26. The summed E-state index contributed by atoms with van der Waals surface area (Å²) in [5.41, 5.74) is 6.30. The van der Waals surface area contributed by atoms with Crippen molar-refractivity contribution in [2.24, 2.45) is 0 Å². The first-order valence-corrected chi connectivity index (χ1v) is 5.20. The summed E-state index contributed by atoms with van der Waals surface area (Å²) in [6, 6.07) is 3.43. The molecule has 0 fully saturated rings. The third-order valence-corrected chi connectivity index (χ3v) is 2.21. The van der Waals surface area contributed by atoms with Crippen molar-refractivity contribution in [1.29, 1.82) is 0 Å². The van der Waals surface area contributed by atoms with Crippen LogP contribution in [0.5, 0.6) is 11.8 Å². The molecule has 6 heteroatoms. The van der Waals surface area contributed by atoms with Gasteiger partial charge in [0.1, 0.15) is 5.82 Å². The molecule has 2 N–H and O–H groups in total. The summed E-state index contributed by atoms with van der Waals surface area (Å²) in [7, 11) is 0. The van der Waals surface area contributed by atoms with Crippen LogP contribution in [0.3, 0.4) is 0 Å². The van der Waals surface area contributed by atoms with Gasteiger partial charge in [-0.2, -0.15) is 0 Å². The lowest BCUT2D eigenvalue weighted by Crippen LogP contribution is -1.99. The molecule has 0 saturated carbocycles. The maximum absolute atomic E-state index is 13.5. The third-order valence-electron chi connectivity index (χ3n) is 2.21. The zero-order chi connectivity index (χ0) is 13.3. The topological polar surface area (TPSA) is 61.0 Å². The SMILES string of the molecule is Cc1cc(C)nc(Oc2cc(F)c(N)cc2F)n1. The lowest BCUT2D eigenvalue weighted by molar-refractivity contribution is 0.405. The molecular formula is C12H11F2N3O. The molecule has 0 unspecified atom stereocenters. The van der Waals surface area contributed by atoms with Crippen LogP contribution in [0.4, 0.5) is 14.5 Å². The van der Waals surface area contributed by atoms with Crippen molar-refractivity contribution in [3.8, 4) is 11.8 Å². The summed E-state index contributed by atoms with van der Waals surface area (Å²) in [6.45, 7) is 3.50. The first-order chi connectivity index (χ1) is 8.45. The minimum absolute atomic E-state index is 0.0319. The first kappa shape index (κ1) is 12.2. The number of aromatic nitrogens is 2. The molecule has 0 spiro atoms. The van der Waals surface area contributed by atoms with Crippen molar-refractivity contribution in [1.82, 2.24) is 9.97 Å². The number of hydrogen-bond donors (Lipinski definition) is 1. The van der Waals surface area contributed by atoms with Gasteiger partial charge in [-0.05, 0) is 19.9 Å². The number of nitrogen functional groups attached to an aromatic ring is 1. The van der Waals surface area contributed by atoms with Crippen molar-refractivity contribution >= 4 is 5.69 Å². The number of nitrogens with two attached hydrogens (primary N) is 1. The van der Waals surface area contributed by atoms with Crippen LogP contribution in [0.25, 0.3) is 0 Å². The van der Waals surface area contributed by atoms with E-state index in [9.17, 15) is 8.78 Å². The van der Waals surface area contributed by atoms with Crippen molar-refractivity contribution in [3.63, 3.8) is 0 Å². The van der Waals surface area contributed by atoms with Crippen LogP contribution >= 0.6 is 0 Å². The second kappa shape index (κ2) is 4.56. The Kier molecular flexibility index (Phi) is 3.10. The minimum atomic E-state index is -0.767. The standard InChI is InChI=1S/C12H11F2N3O/c1-6-3-7(2)17-12(16-6)18-11-5-8(13)10(15)4-9(11)14/h3-5H,15H2,1-2H3. The Balaban J connectivity index is 2.36. The molecule has 0 aliphatic rings. The molecule has 18 heavy (non-hydrogen) atoms. The van der Waals surface area contributed by atoms with Gasteiger partial charge in [0.15, 0.2) is 11.6 Å². The van der Waals surface area contributed by atoms with Crippen LogP contribution in [0.15, 0.2) is 18.2 Å². The smallest absolute Gasteiger partial charge is 0.322 e. The Morgan fingerprint density at radius 1 is 1.00 bits per heavy atom. The van der Waals surface area contributed by atoms with Gasteiger partial charge >= 0.3 is 6.01 Å². The zero-order valence-corrected chi connectivity index (χ0v) is 9.87. The second-order valence-corrected chi connectivity index (χ2v) is 3.84. The van der Waals surface area contributed by atoms with Gasteiger partial charge in [0.2, 0.25) is 0 Å². The molecule has 0 saturated heterocycles. The van der Waals surface area contributed by atoms with Gasteiger partial charge in [0.25, 0.3) is 0 Å². The number of anilines is 1. The van der Waals surface area contributed by atoms with E-state index in [0.717, 1.165) is 12.1 Å². The Bertz CT molecular complexity index is 582. The Morgan fingerprint density at radius 2 is 1.61 bits per heavy atom. The number of aryl methyl sites for hydroxylation is 2. The number of benzene rings is 1. The van der Waals surface area contributed by atoms with Crippen molar-refractivity contribution in [2.45, 2.75) is 13.8 Å². The van der Waals surface area contributed by atoms with Crippen LogP contribution < -0.4 is 10.5 Å². The van der Waals surface area contributed by atoms with E-state index in [1.807, 2.05) is 0 Å². The van der Waals surface area contributed by atoms with Gasteiger partial charge in [-0.3, -0.25) is 0 Å². The van der Waals surface area contributed by atoms with E-state index in [4.69, 9.17) is 10.5 Å². The molecule has 1 heterocycles. The number of halogens is 2. The second-order valence-electron chi connectivity index (χ2n) is 3.84. The molecule has 2 aromatic rings. The molecule has 0 aliphatic carbocycles. The van der Waals surface area contributed by atoms with E-state index in [1.54, 1.807) is 19.9 Å². The number of nitrogens with zero attached hydrogens (tertiary/aromatic N) is 2. The largest absolute Gasteiger partial charge is 0.421 e. The van der Waals surface area contributed by atoms with Crippen LogP contribution in [0, 0.1) is 25.5 Å². The van der Waals surface area contributed by atoms with Crippen molar-refractivity contribution in [2.75, 3.05) is 5.73 Å². The Morgan fingerprint density at radius 3 is 2.22 bits per heavy atom. The van der Waals surface area contributed by atoms with Gasteiger partial charge in [-0.25, -0.2) is 18.7 Å². The van der Waals surface area contributed by atoms with E-state index in [2.05, 4.69) is 9.97 Å². The first-order valence-electron chi connectivity index (χ1n) is 5.20. The third kappa shape index (κ3) is 2.53. The average molecular weight is 251 g/mol. The fourth-order valence-corrected chi connectivity index (χ4v) is 1.46. The Labute approximate surface area is 102 Å². The summed E-state index contributed by atoms with van der Waals surface area (Å²) < 4.78 is 31.8. The monoisotopic (exact) mass is 251 g/mol. The number of rotatable bonds is 2. The number of hydrogen-bond acceptors (Lipinski definition) is 4. The fourth-order valence-electron chi connectivity index (χ4n) is 1.46. The van der Waals surface area contributed by atoms with Crippen molar-refractivity contribution in [3.05, 3.63) is 41.2 Å². The molecule has 1 aromatic heterocycles. The van der Waals surface area contributed by atoms with Crippen LogP contribution in [0.2, 0.25) is 0 Å². The summed E-state index contributed by atoms with van der Waals surface area (Å²) in [6.07, 6.45) is 0. The number of ether oxygens (including phenoxy) is 1. The molecule has 0 bridgehead atoms. The van der Waals surface area contributed by atoms with Crippen molar-refractivity contribution < 1.29 is 13.5 Å².